The van der Waals surface area contributed by atoms with E-state index in [1.807, 2.05) is 18.2 Å². The first-order valence-electron chi connectivity index (χ1n) is 7.27. The van der Waals surface area contributed by atoms with E-state index in [-0.39, 0.29) is 11.9 Å². The third-order valence-corrected chi connectivity index (χ3v) is 3.71. The van der Waals surface area contributed by atoms with E-state index in [9.17, 15) is 9.59 Å². The Morgan fingerprint density at radius 2 is 2.05 bits per heavy atom. The van der Waals surface area contributed by atoms with Gasteiger partial charge in [-0.05, 0) is 30.0 Å². The summed E-state index contributed by atoms with van der Waals surface area (Å²) in [7, 11) is 0. The lowest BCUT2D eigenvalue weighted by molar-refractivity contribution is -0.132. The predicted octanol–water partition coefficient (Wildman–Crippen LogP) is 2.81. The van der Waals surface area contributed by atoms with Crippen LogP contribution in [0.2, 0.25) is 0 Å². The van der Waals surface area contributed by atoms with E-state index in [1.54, 1.807) is 11.8 Å². The third-order valence-electron chi connectivity index (χ3n) is 3.71. The van der Waals surface area contributed by atoms with Crippen LogP contribution in [0.3, 0.4) is 0 Å². The van der Waals surface area contributed by atoms with Crippen molar-refractivity contribution in [3.05, 3.63) is 35.4 Å². The minimum absolute atomic E-state index is 0.0897. The summed E-state index contributed by atoms with van der Waals surface area (Å²) in [6, 6.07) is 5.99. The summed E-state index contributed by atoms with van der Waals surface area (Å²) in [5, 5.41) is 0. The van der Waals surface area contributed by atoms with Crippen LogP contribution in [0.25, 0.3) is 5.57 Å². The molecule has 0 saturated carbocycles. The van der Waals surface area contributed by atoms with E-state index in [0.717, 1.165) is 29.5 Å². The Labute approximate surface area is 125 Å². The zero-order valence-electron chi connectivity index (χ0n) is 12.8. The summed E-state index contributed by atoms with van der Waals surface area (Å²) in [6.07, 6.45) is 3.71. The van der Waals surface area contributed by atoms with Crippen molar-refractivity contribution in [2.24, 2.45) is 0 Å². The van der Waals surface area contributed by atoms with Crippen LogP contribution in [-0.2, 0) is 16.0 Å². The molecule has 0 atom stereocenters. The van der Waals surface area contributed by atoms with Gasteiger partial charge in [0.15, 0.2) is 0 Å². The van der Waals surface area contributed by atoms with E-state index >= 15 is 0 Å². The number of carbonyl (C=O) groups is 2. The molecule has 1 aromatic carbocycles. The van der Waals surface area contributed by atoms with Crippen molar-refractivity contribution in [2.45, 2.75) is 33.6 Å². The fraction of sp³-hybridized carbons (Fsp3) is 0.412. The zero-order chi connectivity index (χ0) is 15.4. The smallest absolute Gasteiger partial charge is 0.308 e. The second kappa shape index (κ2) is 6.57. The Bertz CT molecular complexity index is 590. The minimum atomic E-state index is -0.314. The molecule has 0 aromatic heterocycles. The largest absolute Gasteiger partial charge is 0.426 e. The quantitative estimate of drug-likeness (QED) is 0.634. The third kappa shape index (κ3) is 3.72. The lowest BCUT2D eigenvalue weighted by atomic mass is 9.96. The highest BCUT2D eigenvalue weighted by Gasteiger charge is 2.18. The summed E-state index contributed by atoms with van der Waals surface area (Å²) < 4.78 is 5.36. The van der Waals surface area contributed by atoms with Crippen LogP contribution in [0.5, 0.6) is 5.75 Å². The number of benzene rings is 1. The lowest BCUT2D eigenvalue weighted by Crippen LogP contribution is -2.32. The summed E-state index contributed by atoms with van der Waals surface area (Å²) in [5.41, 5.74) is 3.22. The van der Waals surface area contributed by atoms with E-state index in [0.29, 0.717) is 18.8 Å². The molecule has 1 aliphatic rings. The van der Waals surface area contributed by atoms with Gasteiger partial charge in [0, 0.05) is 32.5 Å². The number of ether oxygens (including phenoxy) is 1. The maximum Gasteiger partial charge on any atom is 0.308 e. The van der Waals surface area contributed by atoms with Gasteiger partial charge < -0.3 is 9.64 Å². The predicted molar refractivity (Wildman–Crippen MR) is 82.0 cm³/mol. The number of carbonyl (C=O) groups excluding carboxylic acids is 2. The molecule has 2 rings (SSSR count). The van der Waals surface area contributed by atoms with E-state index in [2.05, 4.69) is 13.0 Å². The zero-order valence-corrected chi connectivity index (χ0v) is 12.8. The molecule has 1 amide bonds. The summed E-state index contributed by atoms with van der Waals surface area (Å²) in [6.45, 7) is 6.38. The lowest BCUT2D eigenvalue weighted by Gasteiger charge is -2.26. The topological polar surface area (TPSA) is 46.6 Å². The molecule has 0 saturated heterocycles. The summed E-state index contributed by atoms with van der Waals surface area (Å²) >= 11 is 0. The van der Waals surface area contributed by atoms with Gasteiger partial charge in [-0.1, -0.05) is 25.1 Å². The highest BCUT2D eigenvalue weighted by Crippen LogP contribution is 2.31. The summed E-state index contributed by atoms with van der Waals surface area (Å²) in [4.78, 5) is 24.5. The number of aryl methyl sites for hydroxylation is 1. The molecule has 0 aliphatic carbocycles. The Morgan fingerprint density at radius 1 is 1.29 bits per heavy atom. The second-order valence-electron chi connectivity index (χ2n) is 5.22. The van der Waals surface area contributed by atoms with Crippen molar-refractivity contribution in [1.82, 2.24) is 4.90 Å². The van der Waals surface area contributed by atoms with Gasteiger partial charge in [-0.25, -0.2) is 0 Å². The molecule has 4 heteroatoms. The fourth-order valence-electron chi connectivity index (χ4n) is 2.49. The molecule has 1 heterocycles. The molecule has 0 spiro atoms. The molecule has 112 valence electrons. The van der Waals surface area contributed by atoms with Gasteiger partial charge in [0.1, 0.15) is 5.75 Å². The molecule has 0 unspecified atom stereocenters. The Morgan fingerprint density at radius 3 is 2.57 bits per heavy atom. The van der Waals surface area contributed by atoms with Gasteiger partial charge >= 0.3 is 5.97 Å². The second-order valence-corrected chi connectivity index (χ2v) is 5.22. The van der Waals surface area contributed by atoms with Crippen LogP contribution in [0.4, 0.5) is 0 Å². The maximum atomic E-state index is 11.4. The first kappa shape index (κ1) is 15.3. The van der Waals surface area contributed by atoms with Crippen molar-refractivity contribution < 1.29 is 14.3 Å². The van der Waals surface area contributed by atoms with E-state index < -0.39 is 0 Å². The van der Waals surface area contributed by atoms with Crippen LogP contribution >= 0.6 is 0 Å². The SMILES string of the molecule is CCc1ccc(C2=CCN(C(C)=O)CC2)c(OC(C)=O)c1. The van der Waals surface area contributed by atoms with Gasteiger partial charge in [-0.15, -0.1) is 0 Å². The average molecular weight is 287 g/mol. The van der Waals surface area contributed by atoms with Crippen molar-refractivity contribution in [1.29, 1.82) is 0 Å². The molecule has 21 heavy (non-hydrogen) atoms. The molecule has 1 aromatic rings. The van der Waals surface area contributed by atoms with Crippen LogP contribution in [0.15, 0.2) is 24.3 Å². The van der Waals surface area contributed by atoms with Crippen LogP contribution in [-0.4, -0.2) is 29.9 Å². The molecular formula is C17H21NO3. The van der Waals surface area contributed by atoms with Crippen LogP contribution in [0.1, 0.15) is 38.3 Å². The van der Waals surface area contributed by atoms with Crippen LogP contribution in [0, 0.1) is 0 Å². The Balaban J connectivity index is 2.30. The first-order chi connectivity index (χ1) is 10.0. The fourth-order valence-corrected chi connectivity index (χ4v) is 2.49. The number of hydrogen-bond acceptors (Lipinski definition) is 3. The number of nitrogens with zero attached hydrogens (tertiary/aromatic N) is 1. The minimum Gasteiger partial charge on any atom is -0.426 e. The number of amides is 1. The van der Waals surface area contributed by atoms with E-state index in [4.69, 9.17) is 4.74 Å². The highest BCUT2D eigenvalue weighted by molar-refractivity contribution is 5.79. The van der Waals surface area contributed by atoms with Crippen molar-refractivity contribution in [3.8, 4) is 5.75 Å². The van der Waals surface area contributed by atoms with Crippen molar-refractivity contribution in [2.75, 3.05) is 13.1 Å². The van der Waals surface area contributed by atoms with Gasteiger partial charge in [0.25, 0.3) is 0 Å². The molecule has 1 aliphatic heterocycles. The van der Waals surface area contributed by atoms with Crippen molar-refractivity contribution >= 4 is 17.4 Å². The molecule has 0 bridgehead atoms. The Kier molecular flexibility index (Phi) is 4.78. The monoisotopic (exact) mass is 287 g/mol. The van der Waals surface area contributed by atoms with Gasteiger partial charge in [-0.2, -0.15) is 0 Å². The van der Waals surface area contributed by atoms with Gasteiger partial charge in [0.05, 0.1) is 0 Å². The van der Waals surface area contributed by atoms with Gasteiger partial charge in [0.2, 0.25) is 5.91 Å². The van der Waals surface area contributed by atoms with Crippen LogP contribution < -0.4 is 4.74 Å². The van der Waals surface area contributed by atoms with Crippen molar-refractivity contribution in [3.63, 3.8) is 0 Å². The molecular weight excluding hydrogens is 266 g/mol. The normalized spacial score (nSPS) is 14.6. The summed E-state index contributed by atoms with van der Waals surface area (Å²) in [5.74, 6) is 0.391. The standard InChI is InChI=1S/C17H21NO3/c1-4-14-5-6-16(17(11-14)21-13(3)20)15-7-9-18(10-8-15)12(2)19/h5-7,11H,4,8-10H2,1-3H3. The first-order valence-corrected chi connectivity index (χ1v) is 7.27. The van der Waals surface area contributed by atoms with Gasteiger partial charge in [-0.3, -0.25) is 9.59 Å². The number of esters is 1. The Hall–Kier alpha value is -2.10. The molecule has 4 nitrogen and oxygen atoms in total. The number of hydrogen-bond donors (Lipinski definition) is 0. The molecule has 0 fully saturated rings. The average Bonchev–Trinajstić information content (AvgIpc) is 2.46. The highest BCUT2D eigenvalue weighted by atomic mass is 16.5. The molecule has 0 N–H and O–H groups in total. The molecule has 0 radical (unpaired) electrons. The van der Waals surface area contributed by atoms with E-state index in [1.165, 1.54) is 6.92 Å². The number of rotatable bonds is 3. The maximum absolute atomic E-state index is 11.4.